The van der Waals surface area contributed by atoms with Gasteiger partial charge in [0.05, 0.1) is 12.6 Å². The van der Waals surface area contributed by atoms with Crippen LogP contribution in [0.2, 0.25) is 0 Å². The highest BCUT2D eigenvalue weighted by Crippen LogP contribution is 2.26. The van der Waals surface area contributed by atoms with E-state index in [-0.39, 0.29) is 11.7 Å². The summed E-state index contributed by atoms with van der Waals surface area (Å²) in [5.41, 5.74) is 3.42. The Morgan fingerprint density at radius 2 is 1.77 bits per heavy atom. The van der Waals surface area contributed by atoms with Crippen molar-refractivity contribution in [3.8, 4) is 0 Å². The topological polar surface area (TPSA) is 49.4 Å². The Hall–Kier alpha value is -2.88. The van der Waals surface area contributed by atoms with Crippen LogP contribution < -0.4 is 10.2 Å². The van der Waals surface area contributed by atoms with Crippen LogP contribution >= 0.6 is 0 Å². The molecule has 2 aromatic carbocycles. The lowest BCUT2D eigenvalue weighted by Crippen LogP contribution is -2.46. The van der Waals surface area contributed by atoms with Crippen molar-refractivity contribution in [2.75, 3.05) is 18.0 Å². The number of carbonyl (C=O) groups is 2. The van der Waals surface area contributed by atoms with Crippen molar-refractivity contribution in [2.45, 2.75) is 45.6 Å². The van der Waals surface area contributed by atoms with Crippen molar-refractivity contribution >= 4 is 23.5 Å². The largest absolute Gasteiger partial charge is 0.364 e. The number of nitrogens with zero attached hydrogens (tertiary/aromatic N) is 1. The van der Waals surface area contributed by atoms with E-state index in [1.807, 2.05) is 36.4 Å². The zero-order valence-electron chi connectivity index (χ0n) is 18.0. The number of aryl methyl sites for hydroxylation is 1. The van der Waals surface area contributed by atoms with E-state index in [1.165, 1.54) is 11.6 Å². The molecule has 0 saturated carbocycles. The Morgan fingerprint density at radius 1 is 1.03 bits per heavy atom. The number of Topliss-reactive ketones (excluding diaryl/α,β-unsaturated/α-hetero) is 1. The average Bonchev–Trinajstić information content (AvgIpc) is 2.94. The van der Waals surface area contributed by atoms with Crippen LogP contribution in [0.25, 0.3) is 6.08 Å². The summed E-state index contributed by atoms with van der Waals surface area (Å²) in [7, 11) is 0. The molecular weight excluding hydrogens is 372 g/mol. The third kappa shape index (κ3) is 6.31. The van der Waals surface area contributed by atoms with Gasteiger partial charge in [0, 0.05) is 18.3 Å². The lowest BCUT2D eigenvalue weighted by Gasteiger charge is -2.27. The van der Waals surface area contributed by atoms with Crippen LogP contribution in [0.15, 0.2) is 60.7 Å². The molecule has 2 aromatic rings. The van der Waals surface area contributed by atoms with Crippen molar-refractivity contribution < 1.29 is 9.59 Å². The molecule has 1 amide bonds. The minimum Gasteiger partial charge on any atom is -0.364 e. The summed E-state index contributed by atoms with van der Waals surface area (Å²) in [5, 5.41) is 2.95. The molecule has 4 nitrogen and oxygen atoms in total. The van der Waals surface area contributed by atoms with E-state index in [1.54, 1.807) is 6.08 Å². The number of fused-ring (bicyclic) bond motifs is 1. The second kappa shape index (κ2) is 10.8. The lowest BCUT2D eigenvalue weighted by atomic mass is 9.99. The number of ketones is 1. The minimum atomic E-state index is -0.478. The van der Waals surface area contributed by atoms with Crippen molar-refractivity contribution in [1.29, 1.82) is 0 Å². The highest BCUT2D eigenvalue weighted by Gasteiger charge is 2.25. The van der Waals surface area contributed by atoms with E-state index < -0.39 is 6.04 Å². The van der Waals surface area contributed by atoms with E-state index >= 15 is 0 Å². The molecule has 0 aromatic heterocycles. The highest BCUT2D eigenvalue weighted by atomic mass is 16.2. The fourth-order valence-electron chi connectivity index (χ4n) is 3.93. The third-order valence-corrected chi connectivity index (χ3v) is 5.44. The van der Waals surface area contributed by atoms with Gasteiger partial charge in [0.15, 0.2) is 5.78 Å². The fourth-order valence-corrected chi connectivity index (χ4v) is 3.93. The second-order valence-corrected chi connectivity index (χ2v) is 8.41. The first kappa shape index (κ1) is 21.8. The van der Waals surface area contributed by atoms with Gasteiger partial charge in [-0.05, 0) is 54.9 Å². The first-order chi connectivity index (χ1) is 14.5. The van der Waals surface area contributed by atoms with Gasteiger partial charge < -0.3 is 10.2 Å². The summed E-state index contributed by atoms with van der Waals surface area (Å²) in [6.45, 7) is 5.36. The molecule has 0 fully saturated rings. The maximum atomic E-state index is 13.2. The molecule has 0 unspecified atom stereocenters. The van der Waals surface area contributed by atoms with E-state index in [0.29, 0.717) is 18.9 Å². The monoisotopic (exact) mass is 404 g/mol. The van der Waals surface area contributed by atoms with Gasteiger partial charge in [-0.15, -0.1) is 0 Å². The molecule has 0 spiro atoms. The zero-order chi connectivity index (χ0) is 21.3. The predicted molar refractivity (Wildman–Crippen MR) is 123 cm³/mol. The van der Waals surface area contributed by atoms with Crippen molar-refractivity contribution in [3.63, 3.8) is 0 Å². The molecule has 1 aliphatic heterocycles. The summed E-state index contributed by atoms with van der Waals surface area (Å²) in [4.78, 5) is 27.9. The molecule has 0 aliphatic carbocycles. The second-order valence-electron chi connectivity index (χ2n) is 8.41. The Kier molecular flexibility index (Phi) is 7.83. The molecule has 1 N–H and O–H groups in total. The number of hydrogen-bond donors (Lipinski definition) is 1. The maximum Gasteiger partial charge on any atom is 0.244 e. The van der Waals surface area contributed by atoms with Crippen molar-refractivity contribution in [1.82, 2.24) is 5.32 Å². The average molecular weight is 405 g/mol. The van der Waals surface area contributed by atoms with Crippen LogP contribution in [-0.4, -0.2) is 30.8 Å². The van der Waals surface area contributed by atoms with Gasteiger partial charge in [0.1, 0.15) is 0 Å². The number of hydrogen-bond acceptors (Lipinski definition) is 3. The smallest absolute Gasteiger partial charge is 0.244 e. The molecule has 0 bridgehead atoms. The van der Waals surface area contributed by atoms with Gasteiger partial charge >= 0.3 is 0 Å². The summed E-state index contributed by atoms with van der Waals surface area (Å²) < 4.78 is 0. The van der Waals surface area contributed by atoms with E-state index in [2.05, 4.69) is 42.3 Å². The highest BCUT2D eigenvalue weighted by molar-refractivity contribution is 5.97. The number of carbonyl (C=O) groups excluding carboxylic acids is 2. The number of rotatable bonds is 8. The summed E-state index contributed by atoms with van der Waals surface area (Å²) in [6.07, 6.45) is 7.19. The van der Waals surface area contributed by atoms with Crippen LogP contribution in [0.5, 0.6) is 0 Å². The van der Waals surface area contributed by atoms with Gasteiger partial charge in [-0.3, -0.25) is 9.59 Å². The predicted octanol–water partition coefficient (Wildman–Crippen LogP) is 4.64. The van der Waals surface area contributed by atoms with Gasteiger partial charge in [0.2, 0.25) is 5.91 Å². The molecule has 3 rings (SSSR count). The molecule has 4 heteroatoms. The normalized spacial score (nSPS) is 15.0. The number of anilines is 1. The summed E-state index contributed by atoms with van der Waals surface area (Å²) in [5.74, 6) is 0.157. The first-order valence-corrected chi connectivity index (χ1v) is 10.9. The van der Waals surface area contributed by atoms with Crippen molar-refractivity contribution in [2.24, 2.45) is 5.92 Å². The SMILES string of the molecule is CC(C)C[C@H](NC(=O)/C=C/c1ccccc1)C(=O)CN1CCCCc2ccccc21. The Bertz CT molecular complexity index is 874. The quantitative estimate of drug-likeness (QED) is 0.652. The zero-order valence-corrected chi connectivity index (χ0v) is 18.0. The number of para-hydroxylation sites is 1. The number of benzene rings is 2. The molecule has 30 heavy (non-hydrogen) atoms. The van der Waals surface area contributed by atoms with Gasteiger partial charge in [-0.1, -0.05) is 62.4 Å². The maximum absolute atomic E-state index is 13.2. The van der Waals surface area contributed by atoms with E-state index in [4.69, 9.17) is 0 Å². The van der Waals surface area contributed by atoms with Crippen LogP contribution in [-0.2, 0) is 16.0 Å². The lowest BCUT2D eigenvalue weighted by molar-refractivity contribution is -0.125. The van der Waals surface area contributed by atoms with Crippen LogP contribution in [0, 0.1) is 5.92 Å². The summed E-state index contributed by atoms with van der Waals surface area (Å²) in [6, 6.07) is 17.6. The van der Waals surface area contributed by atoms with E-state index in [0.717, 1.165) is 37.1 Å². The fraction of sp³-hybridized carbons (Fsp3) is 0.385. The van der Waals surface area contributed by atoms with Gasteiger partial charge in [-0.2, -0.15) is 0 Å². The Morgan fingerprint density at radius 3 is 2.53 bits per heavy atom. The molecule has 1 aliphatic rings. The van der Waals surface area contributed by atoms with Crippen LogP contribution in [0.1, 0.15) is 44.2 Å². The molecule has 158 valence electrons. The number of nitrogens with one attached hydrogen (secondary N) is 1. The first-order valence-electron chi connectivity index (χ1n) is 10.9. The molecule has 1 heterocycles. The third-order valence-electron chi connectivity index (χ3n) is 5.44. The molecule has 0 saturated heterocycles. The van der Waals surface area contributed by atoms with Gasteiger partial charge in [0.25, 0.3) is 0 Å². The summed E-state index contributed by atoms with van der Waals surface area (Å²) >= 11 is 0. The van der Waals surface area contributed by atoms with Crippen LogP contribution in [0.3, 0.4) is 0 Å². The molecular formula is C26H32N2O2. The minimum absolute atomic E-state index is 0.0712. The van der Waals surface area contributed by atoms with Crippen LogP contribution in [0.4, 0.5) is 5.69 Å². The Balaban J connectivity index is 1.68. The van der Waals surface area contributed by atoms with Gasteiger partial charge in [-0.25, -0.2) is 0 Å². The number of amides is 1. The Labute approximate surface area is 180 Å². The molecule has 0 radical (unpaired) electrons. The van der Waals surface area contributed by atoms with Crippen molar-refractivity contribution in [3.05, 3.63) is 71.8 Å². The van der Waals surface area contributed by atoms with E-state index in [9.17, 15) is 9.59 Å². The molecule has 1 atom stereocenters. The standard InChI is InChI=1S/C26H32N2O2/c1-20(2)18-23(27-26(30)16-15-21-10-4-3-5-11-21)25(29)19-28-17-9-8-13-22-12-6-7-14-24(22)28/h3-7,10-12,14-16,20,23H,8-9,13,17-19H2,1-2H3,(H,27,30)/b16-15+/t23-/m0/s1.